The van der Waals surface area contributed by atoms with Gasteiger partial charge in [0.2, 0.25) is 5.82 Å². The van der Waals surface area contributed by atoms with Gasteiger partial charge in [0.15, 0.2) is 12.4 Å². The molecule has 0 aliphatic carbocycles. The minimum Gasteiger partial charge on any atom is -0.470 e. The predicted octanol–water partition coefficient (Wildman–Crippen LogP) is 5.06. The summed E-state index contributed by atoms with van der Waals surface area (Å²) in [6.07, 6.45) is 3.39. The fourth-order valence-corrected chi connectivity index (χ4v) is 5.21. The monoisotopic (exact) mass is 461 g/mol. The van der Waals surface area contributed by atoms with E-state index in [-0.39, 0.29) is 6.73 Å². The molecule has 32 heavy (non-hydrogen) atoms. The first-order chi connectivity index (χ1) is 15.6. The SMILES string of the molecule is Cc1cc(C)c2c(n1)sc1c2ncn2nc(-c3ccnn3COc3ccccc3Cl)nc12. The summed E-state index contributed by atoms with van der Waals surface area (Å²) in [5.74, 6) is 1.13. The third-order valence-electron chi connectivity index (χ3n) is 5.22. The number of rotatable bonds is 4. The summed E-state index contributed by atoms with van der Waals surface area (Å²) in [5, 5.41) is 10.6. The topological polar surface area (TPSA) is 83.0 Å². The number of hydrogen-bond donors (Lipinski definition) is 0. The van der Waals surface area contributed by atoms with E-state index in [0.29, 0.717) is 16.6 Å². The fraction of sp³-hybridized carbons (Fsp3) is 0.136. The Hall–Kier alpha value is -3.56. The van der Waals surface area contributed by atoms with Crippen molar-refractivity contribution < 1.29 is 4.74 Å². The van der Waals surface area contributed by atoms with E-state index in [1.807, 2.05) is 31.2 Å². The summed E-state index contributed by atoms with van der Waals surface area (Å²) in [5.41, 5.74) is 4.52. The highest BCUT2D eigenvalue weighted by Gasteiger charge is 2.18. The lowest BCUT2D eigenvalue weighted by molar-refractivity contribution is 0.223. The quantitative estimate of drug-likeness (QED) is 0.365. The van der Waals surface area contributed by atoms with Gasteiger partial charge in [0.25, 0.3) is 0 Å². The minimum absolute atomic E-state index is 0.181. The number of pyridine rings is 1. The molecule has 0 fully saturated rings. The molecule has 0 radical (unpaired) electrons. The number of para-hydroxylation sites is 1. The van der Waals surface area contributed by atoms with Crippen molar-refractivity contribution in [1.29, 1.82) is 0 Å². The smallest absolute Gasteiger partial charge is 0.200 e. The van der Waals surface area contributed by atoms with Crippen LogP contribution >= 0.6 is 22.9 Å². The van der Waals surface area contributed by atoms with Gasteiger partial charge in [-0.25, -0.2) is 24.1 Å². The first-order valence-corrected chi connectivity index (χ1v) is 11.1. The molecule has 8 nitrogen and oxygen atoms in total. The van der Waals surface area contributed by atoms with E-state index in [0.717, 1.165) is 43.0 Å². The number of benzene rings is 1. The lowest BCUT2D eigenvalue weighted by Gasteiger charge is -2.09. The molecule has 0 saturated heterocycles. The van der Waals surface area contributed by atoms with Gasteiger partial charge >= 0.3 is 0 Å². The van der Waals surface area contributed by atoms with E-state index in [1.54, 1.807) is 39.1 Å². The highest BCUT2D eigenvalue weighted by atomic mass is 35.5. The van der Waals surface area contributed by atoms with Crippen molar-refractivity contribution >= 4 is 49.0 Å². The Morgan fingerprint density at radius 1 is 1.12 bits per heavy atom. The lowest BCUT2D eigenvalue weighted by Crippen LogP contribution is -2.09. The van der Waals surface area contributed by atoms with E-state index in [1.165, 1.54) is 0 Å². The van der Waals surface area contributed by atoms with Crippen LogP contribution in [0.15, 0.2) is 48.9 Å². The maximum absolute atomic E-state index is 6.19. The molecule has 0 amide bonds. The Morgan fingerprint density at radius 2 is 2.00 bits per heavy atom. The Kier molecular flexibility index (Phi) is 4.34. The van der Waals surface area contributed by atoms with Gasteiger partial charge < -0.3 is 4.74 Å². The molecular weight excluding hydrogens is 446 g/mol. The zero-order valence-corrected chi connectivity index (χ0v) is 18.7. The highest BCUT2D eigenvalue weighted by Crippen LogP contribution is 2.36. The third kappa shape index (κ3) is 3.01. The highest BCUT2D eigenvalue weighted by molar-refractivity contribution is 7.26. The first kappa shape index (κ1) is 19.1. The van der Waals surface area contributed by atoms with Crippen molar-refractivity contribution in [2.75, 3.05) is 0 Å². The molecule has 0 saturated carbocycles. The molecule has 1 aromatic carbocycles. The molecule has 0 N–H and O–H groups in total. The molecule has 5 aromatic heterocycles. The standard InChI is InChI=1S/C22H16ClN7OS/c1-12-9-13(2)26-22-17(12)18-19(32-22)21-27-20(28-29(21)10-24-18)15-7-8-25-30(15)11-31-16-6-4-3-5-14(16)23/h3-10H,11H2,1-2H3. The van der Waals surface area contributed by atoms with Crippen molar-refractivity contribution in [2.45, 2.75) is 20.6 Å². The van der Waals surface area contributed by atoms with Crippen LogP contribution in [-0.4, -0.2) is 34.3 Å². The molecule has 0 spiro atoms. The van der Waals surface area contributed by atoms with E-state index in [2.05, 4.69) is 28.2 Å². The van der Waals surface area contributed by atoms with Gasteiger partial charge in [0, 0.05) is 17.3 Å². The maximum atomic E-state index is 6.19. The molecule has 10 heteroatoms. The summed E-state index contributed by atoms with van der Waals surface area (Å²) in [6.45, 7) is 4.27. The van der Waals surface area contributed by atoms with Crippen LogP contribution in [0.25, 0.3) is 37.6 Å². The number of aryl methyl sites for hydroxylation is 2. The largest absolute Gasteiger partial charge is 0.470 e. The number of thiophene rings is 1. The molecule has 5 heterocycles. The molecule has 6 rings (SSSR count). The second-order valence-corrected chi connectivity index (χ2v) is 8.81. The van der Waals surface area contributed by atoms with Crippen molar-refractivity contribution in [2.24, 2.45) is 0 Å². The van der Waals surface area contributed by atoms with Crippen LogP contribution in [0.3, 0.4) is 0 Å². The van der Waals surface area contributed by atoms with Crippen molar-refractivity contribution in [3.8, 4) is 17.3 Å². The summed E-state index contributed by atoms with van der Waals surface area (Å²) >= 11 is 7.78. The summed E-state index contributed by atoms with van der Waals surface area (Å²) in [6, 6.07) is 11.3. The zero-order valence-electron chi connectivity index (χ0n) is 17.2. The molecule has 0 bridgehead atoms. The summed E-state index contributed by atoms with van der Waals surface area (Å²) in [7, 11) is 0. The molecule has 0 atom stereocenters. The second-order valence-electron chi connectivity index (χ2n) is 7.41. The van der Waals surface area contributed by atoms with Crippen molar-refractivity contribution in [3.63, 3.8) is 0 Å². The van der Waals surface area contributed by atoms with Crippen LogP contribution < -0.4 is 4.74 Å². The predicted molar refractivity (Wildman–Crippen MR) is 124 cm³/mol. The number of ether oxygens (including phenoxy) is 1. The van der Waals surface area contributed by atoms with E-state index in [4.69, 9.17) is 26.3 Å². The lowest BCUT2D eigenvalue weighted by atomic mass is 10.1. The van der Waals surface area contributed by atoms with Crippen LogP contribution in [-0.2, 0) is 6.73 Å². The van der Waals surface area contributed by atoms with Gasteiger partial charge in [-0.1, -0.05) is 23.7 Å². The van der Waals surface area contributed by atoms with Crippen molar-refractivity contribution in [1.82, 2.24) is 34.3 Å². The minimum atomic E-state index is 0.181. The van der Waals surface area contributed by atoms with Crippen LogP contribution in [0.2, 0.25) is 5.02 Å². The molecule has 0 unspecified atom stereocenters. The maximum Gasteiger partial charge on any atom is 0.200 e. The molecular formula is C22H16ClN7OS. The van der Waals surface area contributed by atoms with Gasteiger partial charge in [-0.05, 0) is 43.7 Å². The van der Waals surface area contributed by atoms with E-state index >= 15 is 0 Å². The van der Waals surface area contributed by atoms with Gasteiger partial charge in [-0.2, -0.15) is 5.10 Å². The summed E-state index contributed by atoms with van der Waals surface area (Å²) < 4.78 is 10.2. The number of hydrogen-bond acceptors (Lipinski definition) is 7. The second kappa shape index (κ2) is 7.25. The van der Waals surface area contributed by atoms with Crippen LogP contribution in [0, 0.1) is 13.8 Å². The third-order valence-corrected chi connectivity index (χ3v) is 6.60. The number of halogens is 1. The normalized spacial score (nSPS) is 11.7. The van der Waals surface area contributed by atoms with Gasteiger partial charge in [-0.3, -0.25) is 0 Å². The van der Waals surface area contributed by atoms with E-state index in [9.17, 15) is 0 Å². The van der Waals surface area contributed by atoms with E-state index < -0.39 is 0 Å². The zero-order chi connectivity index (χ0) is 21.8. The fourth-order valence-electron chi connectivity index (χ4n) is 3.80. The Bertz CT molecular complexity index is 1630. The van der Waals surface area contributed by atoms with Crippen LogP contribution in [0.5, 0.6) is 5.75 Å². The Balaban J connectivity index is 1.43. The first-order valence-electron chi connectivity index (χ1n) is 9.90. The van der Waals surface area contributed by atoms with Crippen molar-refractivity contribution in [3.05, 3.63) is 65.2 Å². The number of aromatic nitrogens is 7. The van der Waals surface area contributed by atoms with Gasteiger partial charge in [0.05, 0.1) is 10.5 Å². The van der Waals surface area contributed by atoms with Gasteiger partial charge in [-0.15, -0.1) is 16.4 Å². The van der Waals surface area contributed by atoms with Gasteiger partial charge in [0.1, 0.15) is 27.3 Å². The molecule has 6 aromatic rings. The number of fused-ring (bicyclic) bond motifs is 5. The van der Waals surface area contributed by atoms with Crippen LogP contribution in [0.4, 0.5) is 0 Å². The average molecular weight is 462 g/mol. The van der Waals surface area contributed by atoms with Crippen LogP contribution in [0.1, 0.15) is 11.3 Å². The summed E-state index contributed by atoms with van der Waals surface area (Å²) in [4.78, 5) is 15.1. The molecule has 0 aliphatic heterocycles. The Morgan fingerprint density at radius 3 is 2.88 bits per heavy atom. The Labute approximate surface area is 191 Å². The molecule has 0 aliphatic rings. The average Bonchev–Trinajstić information content (AvgIpc) is 3.48. The molecule has 158 valence electrons. The number of nitrogens with zero attached hydrogens (tertiary/aromatic N) is 7.